The third-order valence-corrected chi connectivity index (χ3v) is 3.39. The lowest BCUT2D eigenvalue weighted by Gasteiger charge is -2.21. The number of carboxylic acid groups (broad SMARTS) is 1. The average Bonchev–Trinajstić information content (AvgIpc) is 2.70. The molecule has 0 amide bonds. The summed E-state index contributed by atoms with van der Waals surface area (Å²) in [5.41, 5.74) is 0.765. The number of hydrogen-bond acceptors (Lipinski definition) is 2. The second-order valence-electron chi connectivity index (χ2n) is 4.20. The molecular weight excluding hydrogens is 245 g/mol. The Morgan fingerprint density at radius 2 is 2.35 bits per heavy atom. The summed E-state index contributed by atoms with van der Waals surface area (Å²) in [5, 5.41) is 9.39. The third kappa shape index (κ3) is 2.76. The van der Waals surface area contributed by atoms with Crippen LogP contribution >= 0.6 is 11.6 Å². The molecule has 1 aliphatic rings. The molecule has 3 nitrogen and oxygen atoms in total. The van der Waals surface area contributed by atoms with Crippen molar-refractivity contribution in [1.82, 2.24) is 4.90 Å². The largest absolute Gasteiger partial charge is 0.480 e. The quantitative estimate of drug-likeness (QED) is 0.905. The van der Waals surface area contributed by atoms with Crippen LogP contribution in [0.1, 0.15) is 18.4 Å². The molecule has 5 heteroatoms. The van der Waals surface area contributed by atoms with Gasteiger partial charge in [0, 0.05) is 11.6 Å². The summed E-state index contributed by atoms with van der Waals surface area (Å²) < 4.78 is 12.9. The second-order valence-corrected chi connectivity index (χ2v) is 4.61. The number of rotatable bonds is 3. The van der Waals surface area contributed by atoms with Gasteiger partial charge in [-0.15, -0.1) is 0 Å². The van der Waals surface area contributed by atoms with Gasteiger partial charge in [0.2, 0.25) is 0 Å². The number of hydrogen-bond donors (Lipinski definition) is 1. The van der Waals surface area contributed by atoms with Crippen LogP contribution in [0.25, 0.3) is 0 Å². The van der Waals surface area contributed by atoms with Crippen LogP contribution in [-0.2, 0) is 11.3 Å². The average molecular weight is 258 g/mol. The molecule has 1 fully saturated rings. The number of likely N-dealkylation sites (tertiary alicyclic amines) is 1. The Labute approximate surface area is 104 Å². The zero-order valence-electron chi connectivity index (χ0n) is 9.20. The van der Waals surface area contributed by atoms with Gasteiger partial charge in [0.1, 0.15) is 11.9 Å². The number of carboxylic acids is 1. The van der Waals surface area contributed by atoms with E-state index in [2.05, 4.69) is 0 Å². The molecule has 1 heterocycles. The van der Waals surface area contributed by atoms with Gasteiger partial charge in [-0.3, -0.25) is 9.69 Å². The second kappa shape index (κ2) is 5.02. The number of carbonyl (C=O) groups is 1. The summed E-state index contributed by atoms with van der Waals surface area (Å²) in [6.45, 7) is 1.20. The Bertz CT molecular complexity index is 439. The first-order chi connectivity index (χ1) is 8.08. The van der Waals surface area contributed by atoms with Gasteiger partial charge < -0.3 is 5.11 Å². The van der Waals surface area contributed by atoms with E-state index in [4.69, 9.17) is 16.7 Å². The molecule has 0 aromatic heterocycles. The van der Waals surface area contributed by atoms with Crippen LogP contribution in [0.4, 0.5) is 4.39 Å². The minimum absolute atomic E-state index is 0.348. The Kier molecular flexibility index (Phi) is 3.64. The predicted octanol–water partition coefficient (Wildman–Crippen LogP) is 2.53. The SMILES string of the molecule is O=C(O)[C@H]1CCCN1Cc1ccc(F)cc1Cl. The molecule has 2 rings (SSSR count). The topological polar surface area (TPSA) is 40.5 Å². The van der Waals surface area contributed by atoms with Crippen LogP contribution in [0.3, 0.4) is 0 Å². The Balaban J connectivity index is 2.12. The fraction of sp³-hybridized carbons (Fsp3) is 0.417. The molecule has 1 aromatic carbocycles. The van der Waals surface area contributed by atoms with Gasteiger partial charge in [0.15, 0.2) is 0 Å². The van der Waals surface area contributed by atoms with Crippen molar-refractivity contribution in [3.63, 3.8) is 0 Å². The molecule has 0 radical (unpaired) electrons. The van der Waals surface area contributed by atoms with Crippen molar-refractivity contribution >= 4 is 17.6 Å². The maximum absolute atomic E-state index is 12.9. The third-order valence-electron chi connectivity index (χ3n) is 3.04. The van der Waals surface area contributed by atoms with Gasteiger partial charge in [-0.25, -0.2) is 4.39 Å². The highest BCUT2D eigenvalue weighted by Crippen LogP contribution is 2.24. The lowest BCUT2D eigenvalue weighted by atomic mass is 10.2. The molecule has 0 aliphatic carbocycles. The molecule has 0 unspecified atom stereocenters. The maximum atomic E-state index is 12.9. The van der Waals surface area contributed by atoms with Crippen molar-refractivity contribution in [2.45, 2.75) is 25.4 Å². The summed E-state index contributed by atoms with van der Waals surface area (Å²) in [4.78, 5) is 12.9. The van der Waals surface area contributed by atoms with E-state index < -0.39 is 12.0 Å². The first-order valence-electron chi connectivity index (χ1n) is 5.48. The normalized spacial score (nSPS) is 20.7. The van der Waals surface area contributed by atoms with Crippen molar-refractivity contribution in [3.05, 3.63) is 34.6 Å². The highest BCUT2D eigenvalue weighted by Gasteiger charge is 2.30. The number of benzene rings is 1. The fourth-order valence-corrected chi connectivity index (χ4v) is 2.39. The Hall–Kier alpha value is -1.13. The number of aliphatic carboxylic acids is 1. The highest BCUT2D eigenvalue weighted by atomic mass is 35.5. The standard InChI is InChI=1S/C12H13ClFNO2/c13-10-6-9(14)4-3-8(10)7-15-5-1-2-11(15)12(16)17/h3-4,6,11H,1-2,5,7H2,(H,16,17)/t11-/m1/s1. The van der Waals surface area contributed by atoms with Gasteiger partial charge in [-0.2, -0.15) is 0 Å². The van der Waals surface area contributed by atoms with Gasteiger partial charge in [-0.05, 0) is 37.1 Å². The Morgan fingerprint density at radius 1 is 1.59 bits per heavy atom. The van der Waals surface area contributed by atoms with Crippen LogP contribution in [-0.4, -0.2) is 28.6 Å². The molecule has 1 N–H and O–H groups in total. The van der Waals surface area contributed by atoms with Crippen LogP contribution in [0.5, 0.6) is 0 Å². The van der Waals surface area contributed by atoms with Crippen molar-refractivity contribution < 1.29 is 14.3 Å². The minimum Gasteiger partial charge on any atom is -0.480 e. The molecule has 17 heavy (non-hydrogen) atoms. The summed E-state index contributed by atoms with van der Waals surface area (Å²) in [6.07, 6.45) is 1.53. The van der Waals surface area contributed by atoms with Gasteiger partial charge in [-0.1, -0.05) is 17.7 Å². The summed E-state index contributed by atoms with van der Waals surface area (Å²) in [5.74, 6) is -1.18. The highest BCUT2D eigenvalue weighted by molar-refractivity contribution is 6.31. The van der Waals surface area contributed by atoms with Crippen molar-refractivity contribution in [3.8, 4) is 0 Å². The van der Waals surface area contributed by atoms with Crippen LogP contribution in [0.15, 0.2) is 18.2 Å². The molecule has 0 spiro atoms. The molecule has 0 bridgehead atoms. The first kappa shape index (κ1) is 12.3. The van der Waals surface area contributed by atoms with Crippen LogP contribution in [0, 0.1) is 5.82 Å². The molecular formula is C12H13ClFNO2. The van der Waals surface area contributed by atoms with E-state index in [1.54, 1.807) is 6.07 Å². The van der Waals surface area contributed by atoms with Crippen LogP contribution in [0.2, 0.25) is 5.02 Å². The fourth-order valence-electron chi connectivity index (χ4n) is 2.16. The Morgan fingerprint density at radius 3 is 3.00 bits per heavy atom. The number of nitrogens with zero attached hydrogens (tertiary/aromatic N) is 1. The molecule has 1 atom stereocenters. The monoisotopic (exact) mass is 257 g/mol. The maximum Gasteiger partial charge on any atom is 0.320 e. The molecule has 1 saturated heterocycles. The molecule has 92 valence electrons. The summed E-state index contributed by atoms with van der Waals surface area (Å²) in [7, 11) is 0. The van der Waals surface area contributed by atoms with Crippen LogP contribution < -0.4 is 0 Å². The van der Waals surface area contributed by atoms with E-state index in [1.807, 2.05) is 4.90 Å². The number of halogens is 2. The lowest BCUT2D eigenvalue weighted by Crippen LogP contribution is -2.35. The van der Waals surface area contributed by atoms with Gasteiger partial charge >= 0.3 is 5.97 Å². The van der Waals surface area contributed by atoms with Crippen molar-refractivity contribution in [2.75, 3.05) is 6.54 Å². The van der Waals surface area contributed by atoms with Gasteiger partial charge in [0.25, 0.3) is 0 Å². The summed E-state index contributed by atoms with van der Waals surface area (Å²) >= 11 is 5.92. The van der Waals surface area contributed by atoms with E-state index in [0.29, 0.717) is 18.0 Å². The lowest BCUT2D eigenvalue weighted by molar-refractivity contribution is -0.142. The van der Waals surface area contributed by atoms with E-state index >= 15 is 0 Å². The zero-order valence-corrected chi connectivity index (χ0v) is 9.95. The van der Waals surface area contributed by atoms with E-state index in [-0.39, 0.29) is 5.82 Å². The van der Waals surface area contributed by atoms with E-state index in [1.165, 1.54) is 12.1 Å². The smallest absolute Gasteiger partial charge is 0.320 e. The van der Waals surface area contributed by atoms with E-state index in [0.717, 1.165) is 18.5 Å². The van der Waals surface area contributed by atoms with Crippen molar-refractivity contribution in [1.29, 1.82) is 0 Å². The minimum atomic E-state index is -0.805. The van der Waals surface area contributed by atoms with Gasteiger partial charge in [0.05, 0.1) is 0 Å². The van der Waals surface area contributed by atoms with Crippen molar-refractivity contribution in [2.24, 2.45) is 0 Å². The molecule has 1 aromatic rings. The zero-order chi connectivity index (χ0) is 12.4. The first-order valence-corrected chi connectivity index (χ1v) is 5.86. The predicted molar refractivity (Wildman–Crippen MR) is 62.5 cm³/mol. The summed E-state index contributed by atoms with van der Waals surface area (Å²) in [6, 6.07) is 3.75. The molecule has 1 aliphatic heterocycles. The van der Waals surface area contributed by atoms with E-state index in [9.17, 15) is 9.18 Å². The molecule has 0 saturated carbocycles.